The van der Waals surface area contributed by atoms with Crippen molar-refractivity contribution in [2.45, 2.75) is 18.2 Å². The predicted molar refractivity (Wildman–Crippen MR) is 70.0 cm³/mol. The van der Waals surface area contributed by atoms with Crippen molar-refractivity contribution < 1.29 is 27.1 Å². The maximum Gasteiger partial charge on any atom is 0.307 e. The van der Waals surface area contributed by atoms with Gasteiger partial charge in [0.05, 0.1) is 5.92 Å². The zero-order valence-electron chi connectivity index (χ0n) is 11.3. The van der Waals surface area contributed by atoms with Crippen LogP contribution in [0.15, 0.2) is 23.1 Å². The molecule has 5 nitrogen and oxygen atoms in total. The molecule has 1 aliphatic heterocycles. The minimum Gasteiger partial charge on any atom is -0.481 e. The number of hydrogen-bond donors (Lipinski definition) is 1. The number of carboxylic acid groups (broad SMARTS) is 1. The fourth-order valence-corrected chi connectivity index (χ4v) is 4.25. The first-order chi connectivity index (χ1) is 9.73. The monoisotopic (exact) mass is 319 g/mol. The van der Waals surface area contributed by atoms with E-state index >= 15 is 0 Å². The van der Waals surface area contributed by atoms with Gasteiger partial charge in [0.15, 0.2) is 4.90 Å². The molecule has 1 aromatic rings. The van der Waals surface area contributed by atoms with E-state index in [2.05, 4.69) is 0 Å². The third-order valence-corrected chi connectivity index (χ3v) is 5.38. The quantitative estimate of drug-likeness (QED) is 0.920. The molecule has 0 aliphatic carbocycles. The van der Waals surface area contributed by atoms with E-state index in [1.165, 1.54) is 0 Å². The maximum atomic E-state index is 13.7. The van der Waals surface area contributed by atoms with Crippen LogP contribution in [-0.2, 0) is 14.8 Å². The summed E-state index contributed by atoms with van der Waals surface area (Å²) in [4.78, 5) is 10.0. The third-order valence-electron chi connectivity index (χ3n) is 3.49. The van der Waals surface area contributed by atoms with Gasteiger partial charge in [0.2, 0.25) is 10.0 Å². The lowest BCUT2D eigenvalue weighted by Gasteiger charge is -2.33. The second-order valence-electron chi connectivity index (χ2n) is 5.25. The number of nitrogens with zero attached hydrogens (tertiary/aromatic N) is 1. The highest BCUT2D eigenvalue weighted by atomic mass is 32.2. The molecule has 2 atom stereocenters. The number of aliphatic carboxylic acids is 1. The average molecular weight is 319 g/mol. The molecule has 1 fully saturated rings. The topological polar surface area (TPSA) is 74.7 Å². The molecule has 1 aromatic carbocycles. The zero-order chi connectivity index (χ0) is 15.8. The Balaban J connectivity index is 2.41. The van der Waals surface area contributed by atoms with Crippen molar-refractivity contribution in [3.05, 3.63) is 29.8 Å². The normalized spacial score (nSPS) is 24.0. The van der Waals surface area contributed by atoms with Gasteiger partial charge in [0.25, 0.3) is 0 Å². The summed E-state index contributed by atoms with van der Waals surface area (Å²) in [6, 6.07) is 2.79. The van der Waals surface area contributed by atoms with E-state index in [1.54, 1.807) is 6.92 Å². The van der Waals surface area contributed by atoms with E-state index in [4.69, 9.17) is 5.11 Å². The first kappa shape index (κ1) is 15.8. The summed E-state index contributed by atoms with van der Waals surface area (Å²) in [5.41, 5.74) is 0. The molecule has 2 rings (SSSR count). The Labute approximate surface area is 121 Å². The van der Waals surface area contributed by atoms with Crippen LogP contribution in [0.1, 0.15) is 13.3 Å². The van der Waals surface area contributed by atoms with Gasteiger partial charge in [0, 0.05) is 13.1 Å². The van der Waals surface area contributed by atoms with Crippen molar-refractivity contribution in [3.63, 3.8) is 0 Å². The van der Waals surface area contributed by atoms with Crippen LogP contribution in [0, 0.1) is 23.5 Å². The highest BCUT2D eigenvalue weighted by Gasteiger charge is 2.38. The third kappa shape index (κ3) is 3.06. The highest BCUT2D eigenvalue weighted by Crippen LogP contribution is 2.29. The Hall–Kier alpha value is -1.54. The number of rotatable bonds is 3. The lowest BCUT2D eigenvalue weighted by Crippen LogP contribution is -2.45. The standard InChI is InChI=1S/C13H15F2NO4S/c1-8-5-9(13(17)18)7-16(6-8)21(19,20)12-10(14)3-2-4-11(12)15/h2-4,8-9H,5-7H2,1H3,(H,17,18). The van der Waals surface area contributed by atoms with Gasteiger partial charge in [-0.2, -0.15) is 4.31 Å². The molecule has 0 aromatic heterocycles. The van der Waals surface area contributed by atoms with Crippen LogP contribution < -0.4 is 0 Å². The Morgan fingerprint density at radius 3 is 2.38 bits per heavy atom. The maximum absolute atomic E-state index is 13.7. The summed E-state index contributed by atoms with van der Waals surface area (Å²) < 4.78 is 53.0. The van der Waals surface area contributed by atoms with E-state index in [-0.39, 0.29) is 19.0 Å². The molecule has 1 heterocycles. The number of sulfonamides is 1. The van der Waals surface area contributed by atoms with Gasteiger partial charge in [-0.25, -0.2) is 17.2 Å². The average Bonchev–Trinajstić information content (AvgIpc) is 2.37. The predicted octanol–water partition coefficient (Wildman–Crippen LogP) is 1.70. The molecule has 0 bridgehead atoms. The Kier molecular flexibility index (Phi) is 4.29. The molecule has 0 spiro atoms. The molecule has 0 amide bonds. The van der Waals surface area contributed by atoms with Crippen molar-refractivity contribution in [1.82, 2.24) is 4.31 Å². The van der Waals surface area contributed by atoms with Crippen LogP contribution in [-0.4, -0.2) is 36.9 Å². The van der Waals surface area contributed by atoms with E-state index < -0.39 is 38.4 Å². The lowest BCUT2D eigenvalue weighted by atomic mass is 9.92. The van der Waals surface area contributed by atoms with Gasteiger partial charge < -0.3 is 5.11 Å². The molecule has 1 saturated heterocycles. The van der Waals surface area contributed by atoms with Crippen molar-refractivity contribution >= 4 is 16.0 Å². The summed E-state index contributed by atoms with van der Waals surface area (Å²) in [6.07, 6.45) is 0.334. The zero-order valence-corrected chi connectivity index (χ0v) is 12.1. The second kappa shape index (κ2) is 5.69. The molecule has 2 unspecified atom stereocenters. The molecular weight excluding hydrogens is 304 g/mol. The van der Waals surface area contributed by atoms with Crippen LogP contribution in [0.5, 0.6) is 0 Å². The Bertz CT molecular complexity index is 642. The number of carboxylic acids is 1. The highest BCUT2D eigenvalue weighted by molar-refractivity contribution is 7.89. The Morgan fingerprint density at radius 2 is 1.86 bits per heavy atom. The first-order valence-corrected chi connectivity index (χ1v) is 7.84. The van der Waals surface area contributed by atoms with Gasteiger partial charge in [-0.3, -0.25) is 4.79 Å². The lowest BCUT2D eigenvalue weighted by molar-refractivity contribution is -0.143. The van der Waals surface area contributed by atoms with Gasteiger partial charge in [-0.05, 0) is 24.5 Å². The summed E-state index contributed by atoms with van der Waals surface area (Å²) in [5.74, 6) is -4.56. The van der Waals surface area contributed by atoms with E-state index in [1.807, 2.05) is 0 Å². The molecule has 0 radical (unpaired) electrons. The van der Waals surface area contributed by atoms with Crippen molar-refractivity contribution in [1.29, 1.82) is 0 Å². The Morgan fingerprint density at radius 1 is 1.29 bits per heavy atom. The summed E-state index contributed by atoms with van der Waals surface area (Å²) >= 11 is 0. The number of halogens is 2. The van der Waals surface area contributed by atoms with Crippen molar-refractivity contribution in [2.75, 3.05) is 13.1 Å². The van der Waals surface area contributed by atoms with Crippen LogP contribution in [0.3, 0.4) is 0 Å². The first-order valence-electron chi connectivity index (χ1n) is 6.40. The van der Waals surface area contributed by atoms with Gasteiger partial charge in [-0.1, -0.05) is 13.0 Å². The van der Waals surface area contributed by atoms with E-state index in [0.29, 0.717) is 6.42 Å². The summed E-state index contributed by atoms with van der Waals surface area (Å²) in [7, 11) is -4.40. The van der Waals surface area contributed by atoms with Crippen LogP contribution in [0.25, 0.3) is 0 Å². The second-order valence-corrected chi connectivity index (χ2v) is 7.12. The molecule has 8 heteroatoms. The molecule has 1 aliphatic rings. The van der Waals surface area contributed by atoms with Gasteiger partial charge in [-0.15, -0.1) is 0 Å². The number of benzene rings is 1. The number of carbonyl (C=O) groups is 1. The van der Waals surface area contributed by atoms with Crippen molar-refractivity contribution in [3.8, 4) is 0 Å². The van der Waals surface area contributed by atoms with Gasteiger partial charge in [0.1, 0.15) is 11.6 Å². The molecule has 116 valence electrons. The number of piperidine rings is 1. The van der Waals surface area contributed by atoms with Crippen LogP contribution >= 0.6 is 0 Å². The molecule has 0 saturated carbocycles. The number of hydrogen-bond acceptors (Lipinski definition) is 3. The van der Waals surface area contributed by atoms with E-state index in [9.17, 15) is 22.0 Å². The summed E-state index contributed by atoms with van der Waals surface area (Å²) in [5, 5.41) is 9.05. The van der Waals surface area contributed by atoms with Crippen LogP contribution in [0.4, 0.5) is 8.78 Å². The SMILES string of the molecule is CC1CC(C(=O)O)CN(S(=O)(=O)c2c(F)cccc2F)C1. The fourth-order valence-electron chi connectivity index (χ4n) is 2.54. The minimum absolute atomic E-state index is 0.0416. The largest absolute Gasteiger partial charge is 0.481 e. The molecule has 1 N–H and O–H groups in total. The molecular formula is C13H15F2NO4S. The van der Waals surface area contributed by atoms with E-state index in [0.717, 1.165) is 22.5 Å². The van der Waals surface area contributed by atoms with Gasteiger partial charge >= 0.3 is 5.97 Å². The van der Waals surface area contributed by atoms with Crippen molar-refractivity contribution in [2.24, 2.45) is 11.8 Å². The minimum atomic E-state index is -4.40. The van der Waals surface area contributed by atoms with Crippen LogP contribution in [0.2, 0.25) is 0 Å². The molecule has 21 heavy (non-hydrogen) atoms. The smallest absolute Gasteiger partial charge is 0.307 e. The summed E-state index contributed by atoms with van der Waals surface area (Å²) in [6.45, 7) is 1.46. The fraction of sp³-hybridized carbons (Fsp3) is 0.462.